The second kappa shape index (κ2) is 5.91. The van der Waals surface area contributed by atoms with E-state index in [0.29, 0.717) is 5.92 Å². The van der Waals surface area contributed by atoms with E-state index in [9.17, 15) is 5.11 Å². The topological polar surface area (TPSA) is 47.9 Å². The van der Waals surface area contributed by atoms with Crippen LogP contribution in [0.2, 0.25) is 0 Å². The highest BCUT2D eigenvalue weighted by Gasteiger charge is 2.48. The number of aliphatic hydroxyl groups excluding tert-OH is 1. The lowest BCUT2D eigenvalue weighted by atomic mass is 9.74. The minimum Gasteiger partial charge on any atom is -0.390 e. The van der Waals surface area contributed by atoms with E-state index >= 15 is 0 Å². The van der Waals surface area contributed by atoms with Crippen molar-refractivity contribution < 1.29 is 19.3 Å². The monoisotopic (exact) mass is 284 g/mol. The van der Waals surface area contributed by atoms with Gasteiger partial charge in [0.05, 0.1) is 17.3 Å². The zero-order chi connectivity index (χ0) is 14.1. The minimum atomic E-state index is -0.349. The normalized spacial score (nSPS) is 34.2. The summed E-state index contributed by atoms with van der Waals surface area (Å²) >= 11 is 0. The molecular weight excluding hydrogens is 256 g/mol. The molecule has 1 aliphatic carbocycles. The van der Waals surface area contributed by atoms with E-state index in [-0.39, 0.29) is 17.3 Å². The molecule has 1 spiro atoms. The fraction of sp³-hybridized carbons (Fsp3) is 1.00. The molecule has 4 nitrogen and oxygen atoms in total. The first-order chi connectivity index (χ1) is 9.70. The first-order valence-electron chi connectivity index (χ1n) is 8.15. The quantitative estimate of drug-likeness (QED) is 0.864. The lowest BCUT2D eigenvalue weighted by molar-refractivity contribution is -0.185. The van der Waals surface area contributed by atoms with Crippen molar-refractivity contribution in [1.29, 1.82) is 0 Å². The molecule has 2 atom stereocenters. The predicted molar refractivity (Wildman–Crippen MR) is 75.7 cm³/mol. The molecule has 1 saturated carbocycles. The van der Waals surface area contributed by atoms with E-state index in [2.05, 4.69) is 0 Å². The third-order valence-electron chi connectivity index (χ3n) is 5.78. The largest absolute Gasteiger partial charge is 0.390 e. The van der Waals surface area contributed by atoms with Crippen molar-refractivity contribution in [2.75, 3.05) is 26.9 Å². The second-order valence-corrected chi connectivity index (χ2v) is 6.82. The second-order valence-electron chi connectivity index (χ2n) is 6.82. The van der Waals surface area contributed by atoms with Crippen molar-refractivity contribution in [1.82, 2.24) is 0 Å². The van der Waals surface area contributed by atoms with Crippen molar-refractivity contribution >= 4 is 0 Å². The molecule has 116 valence electrons. The number of rotatable bonds is 3. The molecule has 0 radical (unpaired) electrons. The summed E-state index contributed by atoms with van der Waals surface area (Å²) in [4.78, 5) is 0. The Bertz CT molecular complexity index is 313. The maximum absolute atomic E-state index is 10.9. The Morgan fingerprint density at radius 1 is 1.10 bits per heavy atom. The van der Waals surface area contributed by atoms with Crippen LogP contribution in [0.15, 0.2) is 0 Å². The van der Waals surface area contributed by atoms with Gasteiger partial charge >= 0.3 is 0 Å². The van der Waals surface area contributed by atoms with Gasteiger partial charge in [0.2, 0.25) is 0 Å². The summed E-state index contributed by atoms with van der Waals surface area (Å²) in [5.41, 5.74) is -0.343. The summed E-state index contributed by atoms with van der Waals surface area (Å²) in [6.45, 7) is 2.35. The average molecular weight is 284 g/mol. The minimum absolute atomic E-state index is 0.0460. The maximum Gasteiger partial charge on any atom is 0.0939 e. The van der Waals surface area contributed by atoms with Crippen LogP contribution in [0.25, 0.3) is 0 Å². The highest BCUT2D eigenvalue weighted by Crippen LogP contribution is 2.44. The maximum atomic E-state index is 10.9. The Kier molecular flexibility index (Phi) is 4.37. The molecule has 4 heteroatoms. The van der Waals surface area contributed by atoms with Crippen LogP contribution in [0.4, 0.5) is 0 Å². The van der Waals surface area contributed by atoms with E-state index in [1.54, 1.807) is 7.11 Å². The van der Waals surface area contributed by atoms with E-state index in [4.69, 9.17) is 14.2 Å². The molecular formula is C16H28O4. The lowest BCUT2D eigenvalue weighted by Gasteiger charge is -2.47. The summed E-state index contributed by atoms with van der Waals surface area (Å²) in [7, 11) is 1.76. The molecule has 3 fully saturated rings. The van der Waals surface area contributed by atoms with Crippen LogP contribution in [-0.4, -0.2) is 49.3 Å². The Labute approximate surface area is 121 Å². The van der Waals surface area contributed by atoms with Crippen LogP contribution in [-0.2, 0) is 14.2 Å². The molecule has 2 saturated heterocycles. The highest BCUT2D eigenvalue weighted by molar-refractivity contribution is 4.99. The van der Waals surface area contributed by atoms with Gasteiger partial charge in [-0.15, -0.1) is 0 Å². The molecule has 3 rings (SSSR count). The molecule has 0 bridgehead atoms. The molecule has 0 amide bonds. The van der Waals surface area contributed by atoms with Crippen molar-refractivity contribution in [3.8, 4) is 0 Å². The van der Waals surface area contributed by atoms with Crippen molar-refractivity contribution in [3.63, 3.8) is 0 Å². The molecule has 0 aromatic heterocycles. The number of aliphatic hydroxyl groups is 1. The Hall–Kier alpha value is -0.160. The SMILES string of the molecule is COC1(C(O)C2CCOC3(CCOCC3)C2)CCCC1. The van der Waals surface area contributed by atoms with Gasteiger partial charge in [-0.05, 0) is 44.4 Å². The van der Waals surface area contributed by atoms with E-state index < -0.39 is 0 Å². The van der Waals surface area contributed by atoms with Gasteiger partial charge in [0.25, 0.3) is 0 Å². The van der Waals surface area contributed by atoms with Crippen LogP contribution in [0, 0.1) is 5.92 Å². The zero-order valence-electron chi connectivity index (χ0n) is 12.6. The fourth-order valence-corrected chi connectivity index (χ4v) is 4.45. The lowest BCUT2D eigenvalue weighted by Crippen LogP contribution is -2.52. The third kappa shape index (κ3) is 2.63. The van der Waals surface area contributed by atoms with Gasteiger partial charge in [0.1, 0.15) is 0 Å². The first-order valence-corrected chi connectivity index (χ1v) is 8.15. The van der Waals surface area contributed by atoms with E-state index in [0.717, 1.165) is 58.3 Å². The smallest absolute Gasteiger partial charge is 0.0939 e. The summed E-state index contributed by atoms with van der Waals surface area (Å²) < 4.78 is 17.3. The zero-order valence-corrected chi connectivity index (χ0v) is 12.6. The molecule has 20 heavy (non-hydrogen) atoms. The first kappa shape index (κ1) is 14.8. The van der Waals surface area contributed by atoms with Crippen molar-refractivity contribution in [2.45, 2.75) is 68.7 Å². The molecule has 2 aliphatic heterocycles. The van der Waals surface area contributed by atoms with Crippen LogP contribution >= 0.6 is 0 Å². The van der Waals surface area contributed by atoms with Gasteiger partial charge in [-0.1, -0.05) is 12.8 Å². The van der Waals surface area contributed by atoms with Crippen LogP contribution in [0.3, 0.4) is 0 Å². The van der Waals surface area contributed by atoms with Crippen LogP contribution < -0.4 is 0 Å². The standard InChI is InChI=1S/C16H28O4/c1-18-16(5-2-3-6-16)14(17)13-4-9-20-15(12-13)7-10-19-11-8-15/h13-14,17H,2-12H2,1H3. The molecule has 2 unspecified atom stereocenters. The van der Waals surface area contributed by atoms with Crippen LogP contribution in [0.5, 0.6) is 0 Å². The van der Waals surface area contributed by atoms with E-state index in [1.165, 1.54) is 12.8 Å². The number of hydrogen-bond acceptors (Lipinski definition) is 4. The highest BCUT2D eigenvalue weighted by atomic mass is 16.5. The molecule has 2 heterocycles. The van der Waals surface area contributed by atoms with Crippen molar-refractivity contribution in [3.05, 3.63) is 0 Å². The van der Waals surface area contributed by atoms with Gasteiger partial charge in [-0.25, -0.2) is 0 Å². The summed E-state index contributed by atoms with van der Waals surface area (Å²) in [6.07, 6.45) is 7.85. The summed E-state index contributed by atoms with van der Waals surface area (Å²) in [5.74, 6) is 0.305. The summed E-state index contributed by atoms with van der Waals surface area (Å²) in [5, 5.41) is 10.9. The average Bonchev–Trinajstić information content (AvgIpc) is 2.97. The van der Waals surface area contributed by atoms with E-state index in [1.807, 2.05) is 0 Å². The molecule has 0 aromatic rings. The van der Waals surface area contributed by atoms with Gasteiger partial charge < -0.3 is 19.3 Å². The van der Waals surface area contributed by atoms with Gasteiger partial charge in [0, 0.05) is 26.9 Å². The van der Waals surface area contributed by atoms with Crippen molar-refractivity contribution in [2.24, 2.45) is 5.92 Å². The van der Waals surface area contributed by atoms with Gasteiger partial charge in [-0.3, -0.25) is 0 Å². The molecule has 3 aliphatic rings. The fourth-order valence-electron chi connectivity index (χ4n) is 4.45. The predicted octanol–water partition coefficient (Wildman–Crippen LogP) is 2.28. The van der Waals surface area contributed by atoms with Gasteiger partial charge in [-0.2, -0.15) is 0 Å². The van der Waals surface area contributed by atoms with Crippen LogP contribution in [0.1, 0.15) is 51.4 Å². The number of ether oxygens (including phenoxy) is 3. The molecule has 1 N–H and O–H groups in total. The molecule has 0 aromatic carbocycles. The Morgan fingerprint density at radius 3 is 2.45 bits per heavy atom. The summed E-state index contributed by atoms with van der Waals surface area (Å²) in [6, 6.07) is 0. The third-order valence-corrected chi connectivity index (χ3v) is 5.78. The Morgan fingerprint density at radius 2 is 1.80 bits per heavy atom. The Balaban J connectivity index is 1.69. The number of hydrogen-bond donors (Lipinski definition) is 1. The number of methoxy groups -OCH3 is 1. The van der Waals surface area contributed by atoms with Gasteiger partial charge in [0.15, 0.2) is 0 Å².